The van der Waals surface area contributed by atoms with Crippen LogP contribution < -0.4 is 9.47 Å². The number of hydrogen-bond donors (Lipinski definition) is 0. The Morgan fingerprint density at radius 3 is 1.33 bits per heavy atom. The first-order chi connectivity index (χ1) is 24.6. The fourth-order valence-electron chi connectivity index (χ4n) is 4.87. The molecule has 0 spiro atoms. The molecule has 2 fully saturated rings. The van der Waals surface area contributed by atoms with Gasteiger partial charge in [-0.05, 0) is 71.2 Å². The van der Waals surface area contributed by atoms with Crippen molar-refractivity contribution in [2.75, 3.05) is 49.4 Å². The molecule has 2 atom stereocenters. The first-order valence-electron chi connectivity index (χ1n) is 16.5. The maximum Gasteiger partial charge on any atom is 0.330 e. The highest BCUT2D eigenvalue weighted by Crippen LogP contribution is 2.34. The van der Waals surface area contributed by atoms with Crippen molar-refractivity contribution in [1.82, 2.24) is 0 Å². The lowest BCUT2D eigenvalue weighted by Crippen LogP contribution is -2.32. The van der Waals surface area contributed by atoms with E-state index in [0.717, 1.165) is 59.1 Å². The van der Waals surface area contributed by atoms with Gasteiger partial charge in [-0.1, -0.05) is 51.3 Å². The van der Waals surface area contributed by atoms with E-state index in [1.807, 2.05) is 48.5 Å². The summed E-state index contributed by atoms with van der Waals surface area (Å²) < 4.78 is 33.0. The molecule has 2 aliphatic rings. The average molecular weight is 777 g/mol. The van der Waals surface area contributed by atoms with Crippen LogP contribution in [0.5, 0.6) is 11.5 Å². The van der Waals surface area contributed by atoms with Crippen LogP contribution >= 0.6 is 47.0 Å². The molecule has 2 unspecified atom stereocenters. The van der Waals surface area contributed by atoms with Gasteiger partial charge in [-0.2, -0.15) is 0 Å². The first kappa shape index (κ1) is 40.6. The summed E-state index contributed by atoms with van der Waals surface area (Å²) in [6.45, 7) is 10.8. The zero-order chi connectivity index (χ0) is 36.6. The smallest absolute Gasteiger partial charge is 0.330 e. The number of ether oxygens (including phenoxy) is 6. The average Bonchev–Trinajstić information content (AvgIpc) is 3.17. The molecule has 2 heterocycles. The molecule has 14 heteroatoms. The predicted octanol–water partition coefficient (Wildman–Crippen LogP) is 6.44. The summed E-state index contributed by atoms with van der Waals surface area (Å²) in [5.41, 5.74) is 1.68. The third-order valence-corrected chi connectivity index (χ3v) is 13.5. The highest BCUT2D eigenvalue weighted by molar-refractivity contribution is 8.19. The number of carbonyl (C=O) groups excluding carboxylic acids is 4. The van der Waals surface area contributed by atoms with Gasteiger partial charge in [-0.3, -0.25) is 0 Å². The molecular weight excluding hydrogens is 733 g/mol. The van der Waals surface area contributed by atoms with Gasteiger partial charge < -0.3 is 28.4 Å². The third kappa shape index (κ3) is 13.1. The molecule has 0 amide bonds. The molecule has 0 aromatic heterocycles. The zero-order valence-electron chi connectivity index (χ0n) is 28.8. The summed E-state index contributed by atoms with van der Waals surface area (Å²) in [6.07, 6.45) is 2.64. The number of carbonyl (C=O) groups is 4. The van der Waals surface area contributed by atoms with Gasteiger partial charge >= 0.3 is 23.9 Å². The van der Waals surface area contributed by atoms with Crippen LogP contribution in [0.3, 0.4) is 0 Å². The van der Waals surface area contributed by atoms with Crippen molar-refractivity contribution in [1.29, 1.82) is 0 Å². The van der Waals surface area contributed by atoms with Crippen LogP contribution in [-0.2, 0) is 43.5 Å². The zero-order valence-corrected chi connectivity index (χ0v) is 32.0. The Balaban J connectivity index is 1.30. The lowest BCUT2D eigenvalue weighted by molar-refractivity contribution is -0.156. The van der Waals surface area contributed by atoms with E-state index < -0.39 is 24.1 Å². The van der Waals surface area contributed by atoms with Crippen LogP contribution in [0.25, 0.3) is 0 Å². The van der Waals surface area contributed by atoms with Gasteiger partial charge in [0.1, 0.15) is 47.1 Å². The Bertz CT molecular complexity index is 1360. The topological polar surface area (TPSA) is 124 Å². The Hall–Kier alpha value is -3.20. The van der Waals surface area contributed by atoms with E-state index in [0.29, 0.717) is 11.5 Å². The number of hydrogen-bond acceptors (Lipinski definition) is 14. The van der Waals surface area contributed by atoms with Crippen LogP contribution in [0.4, 0.5) is 0 Å². The third-order valence-electron chi connectivity index (χ3n) is 7.78. The summed E-state index contributed by atoms with van der Waals surface area (Å²) >= 11 is 6.24. The van der Waals surface area contributed by atoms with Crippen LogP contribution in [0.1, 0.15) is 37.8 Å². The van der Waals surface area contributed by atoms with Crippen molar-refractivity contribution >= 4 is 70.9 Å². The minimum absolute atomic E-state index is 0.00322. The highest BCUT2D eigenvalue weighted by Gasteiger charge is 2.28. The molecule has 0 bridgehead atoms. The fourth-order valence-corrected chi connectivity index (χ4v) is 10.1. The van der Waals surface area contributed by atoms with Crippen molar-refractivity contribution in [2.45, 2.75) is 53.5 Å². The Labute approximate surface area is 316 Å². The first-order valence-corrected chi connectivity index (χ1v) is 20.7. The Kier molecular flexibility index (Phi) is 16.5. The van der Waals surface area contributed by atoms with E-state index in [1.54, 1.807) is 47.0 Å². The van der Waals surface area contributed by atoms with E-state index in [2.05, 4.69) is 27.0 Å². The van der Waals surface area contributed by atoms with Crippen molar-refractivity contribution in [3.05, 3.63) is 85.0 Å². The maximum atomic E-state index is 12.5. The van der Waals surface area contributed by atoms with Crippen LogP contribution in [-0.4, -0.2) is 94.7 Å². The Morgan fingerprint density at radius 2 is 1.00 bits per heavy atom. The molecule has 51 heavy (non-hydrogen) atoms. The molecule has 2 aromatic carbocycles. The summed E-state index contributed by atoms with van der Waals surface area (Å²) in [7, 11) is 0. The highest BCUT2D eigenvalue weighted by atomic mass is 32.2. The van der Waals surface area contributed by atoms with Gasteiger partial charge in [-0.15, -0.1) is 47.0 Å². The summed E-state index contributed by atoms with van der Waals surface area (Å²) in [5.74, 6) is 2.86. The van der Waals surface area contributed by atoms with Gasteiger partial charge in [0.05, 0.1) is 0 Å². The number of thioether (sulfide) groups is 4. The van der Waals surface area contributed by atoms with Gasteiger partial charge in [0.15, 0.2) is 12.2 Å². The van der Waals surface area contributed by atoms with E-state index in [-0.39, 0.29) is 52.9 Å². The molecule has 4 rings (SSSR count). The molecular formula is C37H44O10S4. The molecule has 2 aromatic rings. The second-order valence-corrected chi connectivity index (χ2v) is 17.4. The molecule has 10 nitrogen and oxygen atoms in total. The SMILES string of the molecule is C=CC(=O)OC(COC(=O)C1SCCCS1)COc1ccc(C(C)(C)c2ccc(OCC(COC(=O)C3SCCCS3)OC(=O)C=C)cc2)cc1. The predicted molar refractivity (Wildman–Crippen MR) is 205 cm³/mol. The molecule has 276 valence electrons. The van der Waals surface area contributed by atoms with E-state index >= 15 is 0 Å². The summed E-state index contributed by atoms with van der Waals surface area (Å²) in [4.78, 5) is 48.8. The molecule has 0 aliphatic carbocycles. The quantitative estimate of drug-likeness (QED) is 0.0937. The fraction of sp³-hybridized carbons (Fsp3) is 0.459. The summed E-state index contributed by atoms with van der Waals surface area (Å²) in [6, 6.07) is 15.2. The van der Waals surface area contributed by atoms with Crippen molar-refractivity contribution in [3.63, 3.8) is 0 Å². The summed E-state index contributed by atoms with van der Waals surface area (Å²) in [5, 5.41) is 0. The van der Waals surface area contributed by atoms with Crippen molar-refractivity contribution in [3.8, 4) is 11.5 Å². The monoisotopic (exact) mass is 776 g/mol. The normalized spacial score (nSPS) is 16.5. The van der Waals surface area contributed by atoms with Gasteiger partial charge in [0.2, 0.25) is 0 Å². The number of benzene rings is 2. The van der Waals surface area contributed by atoms with Crippen LogP contribution in [0.2, 0.25) is 0 Å². The second-order valence-electron chi connectivity index (χ2n) is 11.9. The van der Waals surface area contributed by atoms with E-state index in [4.69, 9.17) is 28.4 Å². The molecule has 0 saturated carbocycles. The molecule has 0 N–H and O–H groups in total. The minimum Gasteiger partial charge on any atom is -0.490 e. The Morgan fingerprint density at radius 1 is 0.647 bits per heavy atom. The minimum atomic E-state index is -0.797. The molecule has 2 aliphatic heterocycles. The van der Waals surface area contributed by atoms with Gasteiger partial charge in [0, 0.05) is 17.6 Å². The standard InChI is InChI=1S/C37H44O10S4/c1-5-31(38)46-29(23-44-33(40)35-48-17-7-18-49-35)21-42-27-13-9-25(10-14-27)37(3,4)26-11-15-28(16-12-26)43-22-30(47-32(39)6-2)24-45-34(41)36-50-19-8-20-51-36/h5-6,9-16,29-30,35-36H,1-2,7-8,17-24H2,3-4H3. The molecule has 0 radical (unpaired) electrons. The second kappa shape index (κ2) is 20.7. The van der Waals surface area contributed by atoms with Crippen molar-refractivity contribution < 1.29 is 47.6 Å². The van der Waals surface area contributed by atoms with Gasteiger partial charge in [0.25, 0.3) is 0 Å². The van der Waals surface area contributed by atoms with Gasteiger partial charge in [-0.25, -0.2) is 19.2 Å². The lowest BCUT2D eigenvalue weighted by Gasteiger charge is -2.27. The van der Waals surface area contributed by atoms with Crippen LogP contribution in [0.15, 0.2) is 73.8 Å². The lowest BCUT2D eigenvalue weighted by atomic mass is 9.78. The van der Waals surface area contributed by atoms with Crippen molar-refractivity contribution in [2.24, 2.45) is 0 Å². The van der Waals surface area contributed by atoms with Crippen LogP contribution in [0, 0.1) is 0 Å². The number of esters is 4. The maximum absolute atomic E-state index is 12.5. The largest absolute Gasteiger partial charge is 0.490 e. The van der Waals surface area contributed by atoms with E-state index in [9.17, 15) is 19.2 Å². The number of rotatable bonds is 18. The van der Waals surface area contributed by atoms with E-state index in [1.165, 1.54) is 0 Å². The molecule has 2 saturated heterocycles.